The number of hydrogen-bond acceptors (Lipinski definition) is 2. The Kier molecular flexibility index (Phi) is 4.78. The first-order valence-corrected chi connectivity index (χ1v) is 9.99. The van der Waals surface area contributed by atoms with Crippen molar-refractivity contribution < 1.29 is 9.53 Å². The third-order valence-electron chi connectivity index (χ3n) is 5.43. The van der Waals surface area contributed by atoms with Gasteiger partial charge in [0.2, 0.25) is 0 Å². The molecule has 4 rings (SSSR count). The van der Waals surface area contributed by atoms with E-state index in [2.05, 4.69) is 21.2 Å². The fraction of sp³-hybridized carbons (Fsp3) is 0.286. The van der Waals surface area contributed by atoms with E-state index in [1.807, 2.05) is 61.0 Å². The molecule has 1 aromatic heterocycles. The highest BCUT2D eigenvalue weighted by Gasteiger charge is 2.39. The van der Waals surface area contributed by atoms with Crippen molar-refractivity contribution in [2.24, 2.45) is 7.05 Å². The number of hydrogen-bond donors (Lipinski definition) is 1. The van der Waals surface area contributed by atoms with Gasteiger partial charge in [-0.15, -0.1) is 0 Å². The molecule has 4 nitrogen and oxygen atoms in total. The minimum atomic E-state index is -0.513. The molecule has 1 atom stereocenters. The van der Waals surface area contributed by atoms with E-state index in [1.54, 1.807) is 0 Å². The molecule has 1 N–H and O–H groups in total. The largest absolute Gasteiger partial charge is 0.379 e. The normalized spacial score (nSPS) is 19.6. The fourth-order valence-corrected chi connectivity index (χ4v) is 4.19. The van der Waals surface area contributed by atoms with Crippen LogP contribution >= 0.6 is 27.5 Å². The molecular formula is C21H20BrClN2O2. The van der Waals surface area contributed by atoms with E-state index in [9.17, 15) is 4.79 Å². The van der Waals surface area contributed by atoms with Gasteiger partial charge in [0.15, 0.2) is 0 Å². The number of rotatable bonds is 3. The minimum absolute atomic E-state index is 0.113. The quantitative estimate of drug-likeness (QED) is 0.617. The molecule has 27 heavy (non-hydrogen) atoms. The summed E-state index contributed by atoms with van der Waals surface area (Å²) in [6, 6.07) is 13.8. The standard InChI is InChI=1S/C21H20BrClN2O2/c1-13-16-11-19(25(2)18(16)8-7-17(13)23)20(26)24-21(9-10-27-12-21)14-3-5-15(22)6-4-14/h3-8,11H,9-10,12H2,1-2H3,(H,24,26). The maximum absolute atomic E-state index is 13.2. The Bertz CT molecular complexity index is 1020. The van der Waals surface area contributed by atoms with Crippen LogP contribution in [0, 0.1) is 6.92 Å². The molecule has 1 aliphatic rings. The maximum Gasteiger partial charge on any atom is 0.268 e. The zero-order chi connectivity index (χ0) is 19.2. The molecular weight excluding hydrogens is 428 g/mol. The average molecular weight is 448 g/mol. The van der Waals surface area contributed by atoms with Crippen LogP contribution in [0.1, 0.15) is 28.0 Å². The summed E-state index contributed by atoms with van der Waals surface area (Å²) in [6.45, 7) is 3.07. The van der Waals surface area contributed by atoms with Crippen molar-refractivity contribution in [2.75, 3.05) is 13.2 Å². The molecule has 1 fully saturated rings. The summed E-state index contributed by atoms with van der Waals surface area (Å²) >= 11 is 9.72. The lowest BCUT2D eigenvalue weighted by Gasteiger charge is -2.29. The van der Waals surface area contributed by atoms with Crippen LogP contribution in [0.15, 0.2) is 46.9 Å². The van der Waals surface area contributed by atoms with Gasteiger partial charge in [-0.3, -0.25) is 4.79 Å². The third-order valence-corrected chi connectivity index (χ3v) is 6.37. The number of nitrogens with zero attached hydrogens (tertiary/aromatic N) is 1. The number of halogens is 2. The number of fused-ring (bicyclic) bond motifs is 1. The number of carbonyl (C=O) groups is 1. The van der Waals surface area contributed by atoms with E-state index in [4.69, 9.17) is 16.3 Å². The summed E-state index contributed by atoms with van der Waals surface area (Å²) < 4.78 is 8.58. The van der Waals surface area contributed by atoms with Crippen LogP contribution in [0.25, 0.3) is 10.9 Å². The van der Waals surface area contributed by atoms with Gasteiger partial charge in [0, 0.05) is 40.5 Å². The molecule has 1 amide bonds. The maximum atomic E-state index is 13.2. The summed E-state index contributed by atoms with van der Waals surface area (Å²) in [6.07, 6.45) is 0.745. The number of aryl methyl sites for hydroxylation is 2. The molecule has 1 unspecified atom stereocenters. The third kappa shape index (κ3) is 3.18. The van der Waals surface area contributed by atoms with Gasteiger partial charge in [-0.1, -0.05) is 39.7 Å². The zero-order valence-electron chi connectivity index (χ0n) is 15.2. The first kappa shape index (κ1) is 18.5. The second-order valence-electron chi connectivity index (χ2n) is 7.04. The molecule has 1 saturated heterocycles. The van der Waals surface area contributed by atoms with Crippen LogP contribution in [0.2, 0.25) is 5.02 Å². The predicted molar refractivity (Wildman–Crippen MR) is 111 cm³/mol. The van der Waals surface area contributed by atoms with Crippen LogP contribution in [-0.4, -0.2) is 23.7 Å². The van der Waals surface area contributed by atoms with E-state index in [0.717, 1.165) is 32.9 Å². The van der Waals surface area contributed by atoms with Crippen molar-refractivity contribution in [1.82, 2.24) is 9.88 Å². The molecule has 0 radical (unpaired) electrons. The van der Waals surface area contributed by atoms with Gasteiger partial charge in [0.1, 0.15) is 5.69 Å². The number of nitrogens with one attached hydrogen (secondary N) is 1. The second kappa shape index (κ2) is 6.97. The molecule has 140 valence electrons. The van der Waals surface area contributed by atoms with Gasteiger partial charge in [-0.2, -0.15) is 0 Å². The highest BCUT2D eigenvalue weighted by molar-refractivity contribution is 9.10. The van der Waals surface area contributed by atoms with E-state index in [-0.39, 0.29) is 5.91 Å². The topological polar surface area (TPSA) is 43.3 Å². The number of ether oxygens (including phenoxy) is 1. The van der Waals surface area contributed by atoms with Crippen molar-refractivity contribution in [2.45, 2.75) is 18.9 Å². The molecule has 0 bridgehead atoms. The smallest absolute Gasteiger partial charge is 0.268 e. The Morgan fingerprint density at radius 2 is 2.00 bits per heavy atom. The van der Waals surface area contributed by atoms with Gasteiger partial charge >= 0.3 is 0 Å². The minimum Gasteiger partial charge on any atom is -0.379 e. The number of amides is 1. The Balaban J connectivity index is 1.72. The summed E-state index contributed by atoms with van der Waals surface area (Å²) in [7, 11) is 1.90. The Labute approximate surface area is 171 Å². The highest BCUT2D eigenvalue weighted by atomic mass is 79.9. The second-order valence-corrected chi connectivity index (χ2v) is 8.36. The lowest BCUT2D eigenvalue weighted by atomic mass is 9.89. The van der Waals surface area contributed by atoms with Crippen molar-refractivity contribution in [3.63, 3.8) is 0 Å². The molecule has 0 saturated carbocycles. The van der Waals surface area contributed by atoms with E-state index < -0.39 is 5.54 Å². The van der Waals surface area contributed by atoms with Gasteiger partial charge < -0.3 is 14.6 Å². The van der Waals surface area contributed by atoms with E-state index in [0.29, 0.717) is 23.9 Å². The fourth-order valence-electron chi connectivity index (χ4n) is 3.76. The lowest BCUT2D eigenvalue weighted by molar-refractivity contribution is 0.0868. The van der Waals surface area contributed by atoms with Gasteiger partial charge in [0.05, 0.1) is 12.1 Å². The number of benzene rings is 2. The molecule has 1 aliphatic heterocycles. The average Bonchev–Trinajstić information content (AvgIpc) is 3.25. The molecule has 2 aromatic carbocycles. The monoisotopic (exact) mass is 446 g/mol. The van der Waals surface area contributed by atoms with Crippen molar-refractivity contribution in [3.8, 4) is 0 Å². The Morgan fingerprint density at radius 1 is 1.26 bits per heavy atom. The molecule has 3 aromatic rings. The van der Waals surface area contributed by atoms with Crippen LogP contribution in [0.3, 0.4) is 0 Å². The first-order valence-electron chi connectivity index (χ1n) is 8.82. The molecule has 0 spiro atoms. The summed E-state index contributed by atoms with van der Waals surface area (Å²) in [4.78, 5) is 13.2. The molecule has 2 heterocycles. The first-order chi connectivity index (χ1) is 12.9. The highest BCUT2D eigenvalue weighted by Crippen LogP contribution is 2.33. The van der Waals surface area contributed by atoms with Gasteiger partial charge in [-0.05, 0) is 48.4 Å². The molecule has 6 heteroatoms. The lowest BCUT2D eigenvalue weighted by Crippen LogP contribution is -2.46. The van der Waals surface area contributed by atoms with Gasteiger partial charge in [0.25, 0.3) is 5.91 Å². The molecule has 0 aliphatic carbocycles. The summed E-state index contributed by atoms with van der Waals surface area (Å²) in [5.41, 5.74) is 3.12. The van der Waals surface area contributed by atoms with Gasteiger partial charge in [-0.25, -0.2) is 0 Å². The summed E-state index contributed by atoms with van der Waals surface area (Å²) in [5, 5.41) is 4.95. The van der Waals surface area contributed by atoms with E-state index >= 15 is 0 Å². The zero-order valence-corrected chi connectivity index (χ0v) is 17.5. The van der Waals surface area contributed by atoms with Crippen molar-refractivity contribution >= 4 is 44.3 Å². The van der Waals surface area contributed by atoms with Crippen molar-refractivity contribution in [1.29, 1.82) is 0 Å². The Morgan fingerprint density at radius 3 is 2.67 bits per heavy atom. The Hall–Kier alpha value is -1.82. The number of aromatic nitrogens is 1. The van der Waals surface area contributed by atoms with E-state index in [1.165, 1.54) is 0 Å². The number of carbonyl (C=O) groups excluding carboxylic acids is 1. The SMILES string of the molecule is Cc1c(Cl)ccc2c1cc(C(=O)NC1(c3ccc(Br)cc3)CCOC1)n2C. The van der Waals surface area contributed by atoms with Crippen molar-refractivity contribution in [3.05, 3.63) is 68.8 Å². The van der Waals surface area contributed by atoms with Crippen LogP contribution in [-0.2, 0) is 17.3 Å². The van der Waals surface area contributed by atoms with Crippen LogP contribution in [0.5, 0.6) is 0 Å². The summed E-state index contributed by atoms with van der Waals surface area (Å²) in [5.74, 6) is -0.113. The van der Waals surface area contributed by atoms with Crippen LogP contribution < -0.4 is 5.32 Å². The van der Waals surface area contributed by atoms with Crippen LogP contribution in [0.4, 0.5) is 0 Å². The predicted octanol–water partition coefficient (Wildman–Crippen LogP) is 4.95.